The average molecular weight is 419 g/mol. The molecule has 1 fully saturated rings. The van der Waals surface area contributed by atoms with Crippen molar-refractivity contribution in [1.82, 2.24) is 9.62 Å². The lowest BCUT2D eigenvalue weighted by atomic mass is 10.1. The maximum atomic E-state index is 12.5. The summed E-state index contributed by atoms with van der Waals surface area (Å²) in [5.74, 6) is 0.860. The predicted octanol–water partition coefficient (Wildman–Crippen LogP) is 2.74. The molecule has 8 heteroatoms. The molecule has 0 aliphatic carbocycles. The zero-order valence-corrected chi connectivity index (χ0v) is 17.4. The molecule has 0 spiro atoms. The van der Waals surface area contributed by atoms with Crippen molar-refractivity contribution in [2.75, 3.05) is 26.8 Å². The fraction of sp³-hybridized carbons (Fsp3) is 0.381. The standard InChI is InChI=1S/C21H26N2O5S/c1-16(19-7-3-4-8-20(19)27-2)22-21(24)15-28-17-9-11-18(12-10-17)29(25,26)23-13-5-6-14-23/h3-4,7-12,16H,5-6,13-15H2,1-2H3,(H,22,24)/t16-/m0/s1. The molecular weight excluding hydrogens is 392 g/mol. The van der Waals surface area contributed by atoms with Crippen LogP contribution in [0.2, 0.25) is 0 Å². The summed E-state index contributed by atoms with van der Waals surface area (Å²) in [5, 5.41) is 2.87. The van der Waals surface area contributed by atoms with Gasteiger partial charge in [-0.25, -0.2) is 8.42 Å². The van der Waals surface area contributed by atoms with Gasteiger partial charge in [0.2, 0.25) is 10.0 Å². The van der Waals surface area contributed by atoms with E-state index < -0.39 is 10.0 Å². The molecule has 2 aromatic carbocycles. The van der Waals surface area contributed by atoms with E-state index in [0.29, 0.717) is 24.6 Å². The molecule has 1 saturated heterocycles. The molecule has 1 heterocycles. The first-order valence-corrected chi connectivity index (χ1v) is 11.0. The maximum Gasteiger partial charge on any atom is 0.258 e. The zero-order valence-electron chi connectivity index (χ0n) is 16.6. The number of carbonyl (C=O) groups is 1. The van der Waals surface area contributed by atoms with Gasteiger partial charge in [-0.2, -0.15) is 4.31 Å². The Kier molecular flexibility index (Phi) is 6.76. The summed E-state index contributed by atoms with van der Waals surface area (Å²) in [7, 11) is -1.87. The second-order valence-electron chi connectivity index (χ2n) is 6.90. The van der Waals surface area contributed by atoms with Crippen molar-refractivity contribution in [2.24, 2.45) is 0 Å². The summed E-state index contributed by atoms with van der Waals surface area (Å²) in [6, 6.07) is 13.4. The van der Waals surface area contributed by atoms with Crippen molar-refractivity contribution < 1.29 is 22.7 Å². The van der Waals surface area contributed by atoms with Gasteiger partial charge >= 0.3 is 0 Å². The number of hydrogen-bond acceptors (Lipinski definition) is 5. The van der Waals surface area contributed by atoms with Crippen LogP contribution in [0.4, 0.5) is 0 Å². The highest BCUT2D eigenvalue weighted by Gasteiger charge is 2.27. The Labute approximate surface area is 171 Å². The molecule has 0 radical (unpaired) electrons. The van der Waals surface area contributed by atoms with Crippen molar-refractivity contribution in [3.05, 3.63) is 54.1 Å². The van der Waals surface area contributed by atoms with Crippen molar-refractivity contribution in [3.8, 4) is 11.5 Å². The Morgan fingerprint density at radius 3 is 2.41 bits per heavy atom. The van der Waals surface area contributed by atoms with Crippen LogP contribution in [0, 0.1) is 0 Å². The number of ether oxygens (including phenoxy) is 2. The Morgan fingerprint density at radius 1 is 1.10 bits per heavy atom. The summed E-state index contributed by atoms with van der Waals surface area (Å²) in [4.78, 5) is 12.5. The number of rotatable bonds is 8. The average Bonchev–Trinajstić information content (AvgIpc) is 3.28. The fourth-order valence-corrected chi connectivity index (χ4v) is 4.84. The number of para-hydroxylation sites is 1. The van der Waals surface area contributed by atoms with Crippen molar-refractivity contribution in [3.63, 3.8) is 0 Å². The number of nitrogens with one attached hydrogen (secondary N) is 1. The molecule has 0 saturated carbocycles. The lowest BCUT2D eigenvalue weighted by Gasteiger charge is -2.17. The molecule has 1 atom stereocenters. The number of sulfonamides is 1. The zero-order chi connectivity index (χ0) is 20.9. The first-order valence-electron chi connectivity index (χ1n) is 9.57. The number of amides is 1. The summed E-state index contributed by atoms with van der Waals surface area (Å²) < 4.78 is 37.4. The van der Waals surface area contributed by atoms with Crippen molar-refractivity contribution in [2.45, 2.75) is 30.7 Å². The van der Waals surface area contributed by atoms with E-state index >= 15 is 0 Å². The summed E-state index contributed by atoms with van der Waals surface area (Å²) in [5.41, 5.74) is 0.875. The Balaban J connectivity index is 1.55. The molecule has 1 N–H and O–H groups in total. The normalized spacial score (nSPS) is 15.7. The number of hydrogen-bond donors (Lipinski definition) is 1. The van der Waals surface area contributed by atoms with Gasteiger partial charge in [0, 0.05) is 18.7 Å². The van der Waals surface area contributed by atoms with E-state index in [4.69, 9.17) is 9.47 Å². The van der Waals surface area contributed by atoms with E-state index in [-0.39, 0.29) is 23.5 Å². The summed E-state index contributed by atoms with van der Waals surface area (Å²) >= 11 is 0. The smallest absolute Gasteiger partial charge is 0.258 e. The molecule has 29 heavy (non-hydrogen) atoms. The Hall–Kier alpha value is -2.58. The van der Waals surface area contributed by atoms with Crippen molar-refractivity contribution >= 4 is 15.9 Å². The SMILES string of the molecule is COc1ccccc1[C@H](C)NC(=O)COc1ccc(S(=O)(=O)N2CCCC2)cc1. The third-order valence-electron chi connectivity index (χ3n) is 4.88. The molecule has 2 aromatic rings. The lowest BCUT2D eigenvalue weighted by molar-refractivity contribution is -0.123. The van der Waals surface area contributed by atoms with E-state index in [2.05, 4.69) is 5.32 Å². The third-order valence-corrected chi connectivity index (χ3v) is 6.79. The van der Waals surface area contributed by atoms with Crippen LogP contribution in [-0.4, -0.2) is 45.4 Å². The first kappa shape index (κ1) is 21.1. The predicted molar refractivity (Wildman–Crippen MR) is 109 cm³/mol. The van der Waals surface area contributed by atoms with E-state index in [9.17, 15) is 13.2 Å². The van der Waals surface area contributed by atoms with Crippen LogP contribution in [0.25, 0.3) is 0 Å². The van der Waals surface area contributed by atoms with Crippen molar-refractivity contribution in [1.29, 1.82) is 0 Å². The van der Waals surface area contributed by atoms with Gasteiger partial charge in [0.1, 0.15) is 11.5 Å². The molecule has 1 aliphatic heterocycles. The lowest BCUT2D eigenvalue weighted by Crippen LogP contribution is -2.31. The Morgan fingerprint density at radius 2 is 1.76 bits per heavy atom. The van der Waals surface area contributed by atoms with Crippen LogP contribution >= 0.6 is 0 Å². The van der Waals surface area contributed by atoms with Crippen LogP contribution in [0.3, 0.4) is 0 Å². The molecule has 0 unspecified atom stereocenters. The number of nitrogens with zero attached hydrogens (tertiary/aromatic N) is 1. The second kappa shape index (κ2) is 9.28. The highest BCUT2D eigenvalue weighted by atomic mass is 32.2. The van der Waals surface area contributed by atoms with Gasteiger partial charge < -0.3 is 14.8 Å². The maximum absolute atomic E-state index is 12.5. The minimum Gasteiger partial charge on any atom is -0.496 e. The molecule has 3 rings (SSSR count). The van der Waals surface area contributed by atoms with Crippen LogP contribution < -0.4 is 14.8 Å². The van der Waals surface area contributed by atoms with Gasteiger partial charge in [-0.1, -0.05) is 18.2 Å². The van der Waals surface area contributed by atoms with Crippen LogP contribution in [0.5, 0.6) is 11.5 Å². The number of methoxy groups -OCH3 is 1. The Bertz CT molecular complexity index is 938. The summed E-state index contributed by atoms with van der Waals surface area (Å²) in [6.07, 6.45) is 1.78. The van der Waals surface area contributed by atoms with Gasteiger partial charge in [0.05, 0.1) is 18.0 Å². The fourth-order valence-electron chi connectivity index (χ4n) is 3.32. The quantitative estimate of drug-likeness (QED) is 0.713. The highest BCUT2D eigenvalue weighted by molar-refractivity contribution is 7.89. The second-order valence-corrected chi connectivity index (χ2v) is 8.84. The van der Waals surface area contributed by atoms with Crippen LogP contribution in [0.15, 0.2) is 53.4 Å². The van der Waals surface area contributed by atoms with E-state index in [1.54, 1.807) is 19.2 Å². The molecular formula is C21H26N2O5S. The number of carbonyl (C=O) groups excluding carboxylic acids is 1. The minimum atomic E-state index is -3.45. The summed E-state index contributed by atoms with van der Waals surface area (Å²) in [6.45, 7) is 2.82. The van der Waals surface area contributed by atoms with E-state index in [1.807, 2.05) is 31.2 Å². The van der Waals surface area contributed by atoms with Gasteiger partial charge in [0.15, 0.2) is 6.61 Å². The van der Waals surface area contributed by atoms with E-state index in [0.717, 1.165) is 18.4 Å². The first-order chi connectivity index (χ1) is 13.9. The van der Waals surface area contributed by atoms with E-state index in [1.165, 1.54) is 16.4 Å². The van der Waals surface area contributed by atoms with Gasteiger partial charge in [-0.05, 0) is 50.1 Å². The molecule has 156 valence electrons. The van der Waals surface area contributed by atoms with Gasteiger partial charge in [-0.3, -0.25) is 4.79 Å². The topological polar surface area (TPSA) is 84.9 Å². The van der Waals surface area contributed by atoms with Gasteiger partial charge in [-0.15, -0.1) is 0 Å². The largest absolute Gasteiger partial charge is 0.496 e. The third kappa shape index (κ3) is 5.07. The number of benzene rings is 2. The molecule has 1 amide bonds. The van der Waals surface area contributed by atoms with Crippen LogP contribution in [-0.2, 0) is 14.8 Å². The molecule has 0 aromatic heterocycles. The molecule has 7 nitrogen and oxygen atoms in total. The minimum absolute atomic E-state index is 0.169. The molecule has 1 aliphatic rings. The monoisotopic (exact) mass is 418 g/mol. The van der Waals surface area contributed by atoms with Crippen LogP contribution in [0.1, 0.15) is 31.4 Å². The highest BCUT2D eigenvalue weighted by Crippen LogP contribution is 2.25. The van der Waals surface area contributed by atoms with Gasteiger partial charge in [0.25, 0.3) is 5.91 Å². The molecule has 0 bridgehead atoms.